The van der Waals surface area contributed by atoms with E-state index in [2.05, 4.69) is 12.2 Å². The molecule has 5 heteroatoms. The second-order valence-electron chi connectivity index (χ2n) is 5.93. The monoisotopic (exact) mass is 250 g/mol. The van der Waals surface area contributed by atoms with E-state index in [1.165, 1.54) is 17.7 Å². The van der Waals surface area contributed by atoms with Crippen LogP contribution in [0.5, 0.6) is 0 Å². The Morgan fingerprint density at radius 3 is 2.56 bits per heavy atom. The number of carbonyl (C=O) groups is 3. The van der Waals surface area contributed by atoms with Crippen LogP contribution in [0.3, 0.4) is 0 Å². The van der Waals surface area contributed by atoms with Gasteiger partial charge in [-0.2, -0.15) is 0 Å². The van der Waals surface area contributed by atoms with Gasteiger partial charge in [0, 0.05) is 6.54 Å². The molecule has 0 aromatic rings. The summed E-state index contributed by atoms with van der Waals surface area (Å²) in [4.78, 5) is 37.0. The zero-order valence-electron chi connectivity index (χ0n) is 10.6. The molecule has 0 radical (unpaired) electrons. The van der Waals surface area contributed by atoms with E-state index in [9.17, 15) is 14.4 Å². The van der Waals surface area contributed by atoms with Crippen molar-refractivity contribution in [2.45, 2.75) is 39.0 Å². The van der Waals surface area contributed by atoms with E-state index < -0.39 is 17.4 Å². The highest BCUT2D eigenvalue weighted by atomic mass is 16.2. The molecule has 5 nitrogen and oxygen atoms in total. The van der Waals surface area contributed by atoms with Gasteiger partial charge < -0.3 is 0 Å². The summed E-state index contributed by atoms with van der Waals surface area (Å²) in [7, 11) is 0. The molecule has 2 saturated carbocycles. The topological polar surface area (TPSA) is 66.5 Å². The Labute approximate surface area is 106 Å². The minimum Gasteiger partial charge on any atom is -0.277 e. The first-order valence-corrected chi connectivity index (χ1v) is 6.72. The molecule has 1 saturated heterocycles. The first-order valence-electron chi connectivity index (χ1n) is 6.72. The lowest BCUT2D eigenvalue weighted by molar-refractivity contribution is -0.145. The summed E-state index contributed by atoms with van der Waals surface area (Å²) >= 11 is 0. The van der Waals surface area contributed by atoms with E-state index in [1.54, 1.807) is 0 Å². The second-order valence-corrected chi connectivity index (χ2v) is 5.93. The number of amides is 4. The number of hydrogen-bond donors (Lipinski definition) is 1. The number of nitrogens with zero attached hydrogens (tertiary/aromatic N) is 1. The summed E-state index contributed by atoms with van der Waals surface area (Å²) in [6.07, 6.45) is 4.57. The third-order valence-corrected chi connectivity index (χ3v) is 4.76. The van der Waals surface area contributed by atoms with Crippen LogP contribution in [0.15, 0.2) is 0 Å². The lowest BCUT2D eigenvalue weighted by Gasteiger charge is -2.32. The number of barbiturate groups is 1. The van der Waals surface area contributed by atoms with Crippen LogP contribution in [0.1, 0.15) is 39.0 Å². The number of imide groups is 2. The normalized spacial score (nSPS) is 34.1. The average molecular weight is 250 g/mol. The Balaban J connectivity index is 1.76. The first kappa shape index (κ1) is 11.7. The Morgan fingerprint density at radius 2 is 2.00 bits per heavy atom. The molecular formula is C13H18N2O3. The van der Waals surface area contributed by atoms with Crippen LogP contribution < -0.4 is 5.32 Å². The molecule has 3 rings (SSSR count). The van der Waals surface area contributed by atoms with Gasteiger partial charge in [0.25, 0.3) is 0 Å². The molecule has 1 spiro atoms. The van der Waals surface area contributed by atoms with Gasteiger partial charge in [0.05, 0.1) is 0 Å². The van der Waals surface area contributed by atoms with Crippen molar-refractivity contribution in [3.8, 4) is 0 Å². The maximum absolute atomic E-state index is 12.3. The van der Waals surface area contributed by atoms with Crippen LogP contribution >= 0.6 is 0 Å². The fraction of sp³-hybridized carbons (Fsp3) is 0.769. The molecule has 0 aromatic carbocycles. The van der Waals surface area contributed by atoms with Gasteiger partial charge >= 0.3 is 6.03 Å². The second kappa shape index (κ2) is 3.80. The summed E-state index contributed by atoms with van der Waals surface area (Å²) in [5.74, 6) is 0.283. The highest BCUT2D eigenvalue weighted by molar-refractivity contribution is 6.20. The van der Waals surface area contributed by atoms with Gasteiger partial charge in [0.15, 0.2) is 0 Å². The van der Waals surface area contributed by atoms with E-state index in [-0.39, 0.29) is 5.91 Å². The van der Waals surface area contributed by atoms with E-state index in [0.29, 0.717) is 31.2 Å². The smallest absolute Gasteiger partial charge is 0.277 e. The van der Waals surface area contributed by atoms with Gasteiger partial charge in [0.1, 0.15) is 5.41 Å². The minimum absolute atomic E-state index is 0.268. The van der Waals surface area contributed by atoms with Gasteiger partial charge in [-0.1, -0.05) is 19.8 Å². The molecule has 1 aliphatic heterocycles. The van der Waals surface area contributed by atoms with Gasteiger partial charge in [0.2, 0.25) is 11.8 Å². The first-order chi connectivity index (χ1) is 8.54. The maximum atomic E-state index is 12.3. The fourth-order valence-electron chi connectivity index (χ4n) is 3.19. The van der Waals surface area contributed by atoms with Crippen molar-refractivity contribution in [2.75, 3.05) is 6.54 Å². The van der Waals surface area contributed by atoms with Crippen LogP contribution in [0, 0.1) is 17.3 Å². The van der Waals surface area contributed by atoms with Crippen LogP contribution in [0.4, 0.5) is 4.79 Å². The predicted molar refractivity (Wildman–Crippen MR) is 63.4 cm³/mol. The van der Waals surface area contributed by atoms with Crippen LogP contribution in [-0.2, 0) is 9.59 Å². The lowest BCUT2D eigenvalue weighted by Crippen LogP contribution is -2.60. The zero-order valence-corrected chi connectivity index (χ0v) is 10.6. The van der Waals surface area contributed by atoms with Gasteiger partial charge in [-0.25, -0.2) is 4.79 Å². The predicted octanol–water partition coefficient (Wildman–Crippen LogP) is 1.28. The SMILES string of the molecule is CC1CCCC1CN1C(=O)NC(=O)C2(CC2)C1=O. The van der Waals surface area contributed by atoms with Crippen molar-refractivity contribution < 1.29 is 14.4 Å². The van der Waals surface area contributed by atoms with Crippen LogP contribution in [0.25, 0.3) is 0 Å². The number of rotatable bonds is 2. The lowest BCUT2D eigenvalue weighted by atomic mass is 9.95. The molecule has 98 valence electrons. The number of hydrogen-bond acceptors (Lipinski definition) is 3. The minimum atomic E-state index is -0.893. The molecule has 18 heavy (non-hydrogen) atoms. The zero-order chi connectivity index (χ0) is 12.9. The van der Waals surface area contributed by atoms with Gasteiger partial charge in [-0.3, -0.25) is 19.8 Å². The van der Waals surface area contributed by atoms with E-state index >= 15 is 0 Å². The molecule has 0 bridgehead atoms. The van der Waals surface area contributed by atoms with Crippen molar-refractivity contribution >= 4 is 17.8 Å². The average Bonchev–Trinajstić information content (AvgIpc) is 3.03. The van der Waals surface area contributed by atoms with Crippen molar-refractivity contribution in [1.82, 2.24) is 10.2 Å². The van der Waals surface area contributed by atoms with E-state index in [0.717, 1.165) is 6.42 Å². The Hall–Kier alpha value is -1.39. The molecule has 0 aromatic heterocycles. The number of nitrogens with one attached hydrogen (secondary N) is 1. The number of carbonyl (C=O) groups excluding carboxylic acids is 3. The largest absolute Gasteiger partial charge is 0.330 e. The Bertz CT molecular complexity index is 428. The molecule has 2 unspecified atom stereocenters. The molecular weight excluding hydrogens is 232 g/mol. The summed E-state index contributed by atoms with van der Waals surface area (Å²) in [6, 6.07) is -0.526. The molecule has 3 fully saturated rings. The Kier molecular flexibility index (Phi) is 2.47. The van der Waals surface area contributed by atoms with Crippen molar-refractivity contribution in [3.05, 3.63) is 0 Å². The number of urea groups is 1. The highest BCUT2D eigenvalue weighted by Gasteiger charge is 2.62. The molecule has 3 aliphatic rings. The third-order valence-electron chi connectivity index (χ3n) is 4.76. The molecule has 2 aliphatic carbocycles. The van der Waals surface area contributed by atoms with Gasteiger partial charge in [-0.15, -0.1) is 0 Å². The van der Waals surface area contributed by atoms with Crippen LogP contribution in [-0.4, -0.2) is 29.3 Å². The highest BCUT2D eigenvalue weighted by Crippen LogP contribution is 2.49. The molecule has 1 heterocycles. The standard InChI is InChI=1S/C13H18N2O3/c1-8-3-2-4-9(8)7-15-11(17)13(5-6-13)10(16)14-12(15)18/h8-9H,2-7H2,1H3,(H,14,16,18). The van der Waals surface area contributed by atoms with E-state index in [4.69, 9.17) is 0 Å². The molecule has 1 N–H and O–H groups in total. The van der Waals surface area contributed by atoms with Crippen molar-refractivity contribution in [3.63, 3.8) is 0 Å². The Morgan fingerprint density at radius 1 is 1.28 bits per heavy atom. The van der Waals surface area contributed by atoms with Crippen LogP contribution in [0.2, 0.25) is 0 Å². The fourth-order valence-corrected chi connectivity index (χ4v) is 3.19. The summed E-state index contributed by atoms with van der Waals surface area (Å²) in [5, 5.41) is 2.33. The summed E-state index contributed by atoms with van der Waals surface area (Å²) in [6.45, 7) is 2.64. The summed E-state index contributed by atoms with van der Waals surface area (Å²) in [5.41, 5.74) is -0.893. The van der Waals surface area contributed by atoms with E-state index in [1.807, 2.05) is 0 Å². The molecule has 2 atom stereocenters. The third kappa shape index (κ3) is 1.56. The summed E-state index contributed by atoms with van der Waals surface area (Å²) < 4.78 is 0. The maximum Gasteiger partial charge on any atom is 0.330 e. The van der Waals surface area contributed by atoms with Gasteiger partial charge in [-0.05, 0) is 31.1 Å². The van der Waals surface area contributed by atoms with Crippen molar-refractivity contribution in [2.24, 2.45) is 17.3 Å². The molecule has 4 amide bonds. The van der Waals surface area contributed by atoms with Crippen molar-refractivity contribution in [1.29, 1.82) is 0 Å². The quantitative estimate of drug-likeness (QED) is 0.751.